The predicted molar refractivity (Wildman–Crippen MR) is 55.0 cm³/mol. The van der Waals surface area contributed by atoms with Crippen LogP contribution in [0.4, 0.5) is 0 Å². The van der Waals surface area contributed by atoms with E-state index in [0.717, 1.165) is 4.88 Å². The van der Waals surface area contributed by atoms with Gasteiger partial charge in [-0.3, -0.25) is 4.79 Å². The van der Waals surface area contributed by atoms with Crippen LogP contribution in [0.25, 0.3) is 0 Å². The summed E-state index contributed by atoms with van der Waals surface area (Å²) in [5.74, 6) is 0.189. The second kappa shape index (κ2) is 3.71. The number of aliphatic hydroxyl groups excluding tert-OH is 1. The van der Waals surface area contributed by atoms with Gasteiger partial charge in [-0.1, -0.05) is 6.07 Å². The summed E-state index contributed by atoms with van der Waals surface area (Å²) >= 11 is 1.64. The smallest absolute Gasteiger partial charge is 0.223 e. The van der Waals surface area contributed by atoms with Gasteiger partial charge in [-0.25, -0.2) is 0 Å². The molecule has 2 heterocycles. The lowest BCUT2D eigenvalue weighted by Gasteiger charge is -2.22. The summed E-state index contributed by atoms with van der Waals surface area (Å²) < 4.78 is 0. The number of carbonyl (C=O) groups is 1. The summed E-state index contributed by atoms with van der Waals surface area (Å²) in [5.41, 5.74) is 0. The van der Waals surface area contributed by atoms with Crippen molar-refractivity contribution in [3.63, 3.8) is 0 Å². The zero-order valence-corrected chi connectivity index (χ0v) is 8.83. The Bertz CT molecular complexity index is 323. The molecule has 76 valence electrons. The Morgan fingerprint density at radius 1 is 1.71 bits per heavy atom. The van der Waals surface area contributed by atoms with Crippen molar-refractivity contribution in [3.8, 4) is 0 Å². The molecule has 1 aromatic rings. The molecule has 1 aliphatic heterocycles. The van der Waals surface area contributed by atoms with Crippen LogP contribution in [0.2, 0.25) is 0 Å². The average Bonchev–Trinajstić information content (AvgIpc) is 2.76. The van der Waals surface area contributed by atoms with Crippen LogP contribution in [0.15, 0.2) is 17.5 Å². The molecule has 0 radical (unpaired) electrons. The predicted octanol–water partition coefficient (Wildman–Crippen LogP) is 1.26. The van der Waals surface area contributed by atoms with Crippen LogP contribution >= 0.6 is 11.3 Å². The first-order chi connectivity index (χ1) is 6.74. The number of nitrogens with zero attached hydrogens (tertiary/aromatic N) is 1. The maximum absolute atomic E-state index is 11.5. The van der Waals surface area contributed by atoms with E-state index in [9.17, 15) is 9.90 Å². The maximum atomic E-state index is 11.5. The standard InChI is InChI=1S/C10H13NO2S/c1-11-9(13)5-7(6-12)10(11)8-3-2-4-14-8/h2-4,7,10,12H,5-6H2,1H3. The minimum atomic E-state index is 0.0612. The van der Waals surface area contributed by atoms with Gasteiger partial charge in [0.15, 0.2) is 0 Å². The Labute approximate surface area is 87.0 Å². The lowest BCUT2D eigenvalue weighted by molar-refractivity contribution is -0.127. The zero-order chi connectivity index (χ0) is 10.1. The van der Waals surface area contributed by atoms with Gasteiger partial charge in [0.1, 0.15) is 0 Å². The molecular formula is C10H13NO2S. The number of thiophene rings is 1. The lowest BCUT2D eigenvalue weighted by atomic mass is 10.0. The largest absolute Gasteiger partial charge is 0.396 e. The molecule has 2 rings (SSSR count). The summed E-state index contributed by atoms with van der Waals surface area (Å²) in [7, 11) is 1.81. The quantitative estimate of drug-likeness (QED) is 0.800. The zero-order valence-electron chi connectivity index (χ0n) is 8.01. The molecule has 0 aliphatic carbocycles. The summed E-state index contributed by atoms with van der Waals surface area (Å²) in [6.45, 7) is 0.0820. The van der Waals surface area contributed by atoms with Gasteiger partial charge in [0.25, 0.3) is 0 Å². The van der Waals surface area contributed by atoms with E-state index >= 15 is 0 Å². The Hall–Kier alpha value is -0.870. The number of hydrogen-bond acceptors (Lipinski definition) is 3. The van der Waals surface area contributed by atoms with Crippen molar-refractivity contribution >= 4 is 17.2 Å². The lowest BCUT2D eigenvalue weighted by Crippen LogP contribution is -2.24. The number of amides is 1. The van der Waals surface area contributed by atoms with E-state index in [1.165, 1.54) is 0 Å². The number of carbonyl (C=O) groups excluding carboxylic acids is 1. The highest BCUT2D eigenvalue weighted by Gasteiger charge is 2.38. The molecule has 2 unspecified atom stereocenters. The number of aliphatic hydroxyl groups is 1. The number of likely N-dealkylation sites (tertiary alicyclic amines) is 1. The van der Waals surface area contributed by atoms with E-state index in [1.54, 1.807) is 16.2 Å². The minimum Gasteiger partial charge on any atom is -0.396 e. The highest BCUT2D eigenvalue weighted by atomic mass is 32.1. The third kappa shape index (κ3) is 1.44. The van der Waals surface area contributed by atoms with Crippen molar-refractivity contribution in [2.45, 2.75) is 12.5 Å². The number of rotatable bonds is 2. The van der Waals surface area contributed by atoms with E-state index in [0.29, 0.717) is 6.42 Å². The first-order valence-electron chi connectivity index (χ1n) is 4.64. The van der Waals surface area contributed by atoms with Gasteiger partial charge in [0, 0.05) is 30.9 Å². The van der Waals surface area contributed by atoms with E-state index in [4.69, 9.17) is 0 Å². The fourth-order valence-electron chi connectivity index (χ4n) is 2.00. The maximum Gasteiger partial charge on any atom is 0.223 e. The van der Waals surface area contributed by atoms with Crippen LogP contribution in [0, 0.1) is 5.92 Å². The molecule has 1 fully saturated rings. The molecule has 0 spiro atoms. The monoisotopic (exact) mass is 211 g/mol. The van der Waals surface area contributed by atoms with E-state index in [2.05, 4.69) is 0 Å². The summed E-state index contributed by atoms with van der Waals surface area (Å²) in [4.78, 5) is 14.4. The summed E-state index contributed by atoms with van der Waals surface area (Å²) in [6, 6.07) is 4.07. The molecular weight excluding hydrogens is 198 g/mol. The van der Waals surface area contributed by atoms with Gasteiger partial charge in [-0.2, -0.15) is 0 Å². The van der Waals surface area contributed by atoms with Gasteiger partial charge in [-0.15, -0.1) is 11.3 Å². The van der Waals surface area contributed by atoms with Crippen molar-refractivity contribution in [2.75, 3.05) is 13.7 Å². The van der Waals surface area contributed by atoms with Gasteiger partial charge in [0.05, 0.1) is 6.04 Å². The van der Waals surface area contributed by atoms with Crippen molar-refractivity contribution in [1.29, 1.82) is 0 Å². The molecule has 0 saturated carbocycles. The molecule has 0 bridgehead atoms. The Balaban J connectivity index is 2.28. The van der Waals surface area contributed by atoms with Crippen molar-refractivity contribution in [3.05, 3.63) is 22.4 Å². The van der Waals surface area contributed by atoms with Crippen molar-refractivity contribution in [1.82, 2.24) is 4.90 Å². The van der Waals surface area contributed by atoms with Gasteiger partial charge >= 0.3 is 0 Å². The highest BCUT2D eigenvalue weighted by Crippen LogP contribution is 2.38. The van der Waals surface area contributed by atoms with Crippen LogP contribution in [0.3, 0.4) is 0 Å². The molecule has 4 heteroatoms. The normalized spacial score (nSPS) is 27.3. The van der Waals surface area contributed by atoms with E-state index in [1.807, 2.05) is 24.6 Å². The summed E-state index contributed by atoms with van der Waals surface area (Å²) in [5, 5.41) is 11.2. The molecule has 1 aromatic heterocycles. The van der Waals surface area contributed by atoms with Gasteiger partial charge < -0.3 is 10.0 Å². The van der Waals surface area contributed by atoms with Crippen LogP contribution in [0.5, 0.6) is 0 Å². The molecule has 14 heavy (non-hydrogen) atoms. The molecule has 1 amide bonds. The molecule has 3 nitrogen and oxygen atoms in total. The van der Waals surface area contributed by atoms with E-state index < -0.39 is 0 Å². The van der Waals surface area contributed by atoms with Crippen LogP contribution < -0.4 is 0 Å². The Morgan fingerprint density at radius 2 is 2.50 bits per heavy atom. The van der Waals surface area contributed by atoms with Crippen LogP contribution in [-0.2, 0) is 4.79 Å². The highest BCUT2D eigenvalue weighted by molar-refractivity contribution is 7.10. The first-order valence-corrected chi connectivity index (χ1v) is 5.52. The Morgan fingerprint density at radius 3 is 3.07 bits per heavy atom. The average molecular weight is 211 g/mol. The van der Waals surface area contributed by atoms with E-state index in [-0.39, 0.29) is 24.5 Å². The van der Waals surface area contributed by atoms with Crippen LogP contribution in [0.1, 0.15) is 17.3 Å². The molecule has 1 N–H and O–H groups in total. The SMILES string of the molecule is CN1C(=O)CC(CO)C1c1cccs1. The van der Waals surface area contributed by atoms with Gasteiger partial charge in [-0.05, 0) is 11.4 Å². The van der Waals surface area contributed by atoms with Crippen molar-refractivity contribution < 1.29 is 9.90 Å². The molecule has 1 saturated heterocycles. The third-order valence-corrected chi connectivity index (χ3v) is 3.71. The first kappa shape index (κ1) is 9.68. The second-order valence-corrected chi connectivity index (χ2v) is 4.59. The topological polar surface area (TPSA) is 40.5 Å². The fraction of sp³-hybridized carbons (Fsp3) is 0.500. The Kier molecular flexibility index (Phi) is 2.56. The number of hydrogen-bond donors (Lipinski definition) is 1. The summed E-state index contributed by atoms with van der Waals surface area (Å²) in [6.07, 6.45) is 0.468. The molecule has 2 atom stereocenters. The third-order valence-electron chi connectivity index (χ3n) is 2.76. The molecule has 0 aromatic carbocycles. The van der Waals surface area contributed by atoms with Crippen molar-refractivity contribution in [2.24, 2.45) is 5.92 Å². The van der Waals surface area contributed by atoms with Gasteiger partial charge in [0.2, 0.25) is 5.91 Å². The molecule has 1 aliphatic rings. The minimum absolute atomic E-state index is 0.0612. The fourth-order valence-corrected chi connectivity index (χ4v) is 2.96. The second-order valence-electron chi connectivity index (χ2n) is 3.61. The van der Waals surface area contributed by atoms with Crippen LogP contribution in [-0.4, -0.2) is 29.6 Å².